The topological polar surface area (TPSA) is 75.7 Å². The van der Waals surface area contributed by atoms with Crippen molar-refractivity contribution in [2.45, 2.75) is 38.5 Å². The van der Waals surface area contributed by atoms with Crippen LogP contribution in [-0.4, -0.2) is 38.8 Å². The van der Waals surface area contributed by atoms with E-state index in [0.29, 0.717) is 18.8 Å². The highest BCUT2D eigenvalue weighted by atomic mass is 32.2. The first-order valence-corrected chi connectivity index (χ1v) is 9.10. The number of nitrogens with one attached hydrogen (secondary N) is 1. The molecule has 1 N–H and O–H groups in total. The van der Waals surface area contributed by atoms with Gasteiger partial charge in [0.1, 0.15) is 10.6 Å². The van der Waals surface area contributed by atoms with E-state index in [1.54, 1.807) is 12.1 Å². The average molecular weight is 340 g/mol. The normalized spacial score (nSPS) is 16.3. The Morgan fingerprint density at radius 3 is 2.35 bits per heavy atom. The first kappa shape index (κ1) is 17.7. The van der Waals surface area contributed by atoms with E-state index >= 15 is 0 Å². The van der Waals surface area contributed by atoms with Crippen molar-refractivity contribution >= 4 is 21.6 Å². The van der Waals surface area contributed by atoms with Gasteiger partial charge in [-0.25, -0.2) is 8.42 Å². The molecule has 7 heteroatoms. The van der Waals surface area contributed by atoms with Crippen LogP contribution in [0.25, 0.3) is 0 Å². The van der Waals surface area contributed by atoms with Gasteiger partial charge < -0.3 is 10.1 Å². The second kappa shape index (κ2) is 6.49. The summed E-state index contributed by atoms with van der Waals surface area (Å²) in [6.07, 6.45) is 1.75. The fraction of sp³-hybridized carbons (Fsp3) is 0.562. The third-order valence-corrected chi connectivity index (χ3v) is 5.72. The van der Waals surface area contributed by atoms with Crippen molar-refractivity contribution in [2.24, 2.45) is 5.41 Å². The number of sulfonamides is 1. The molecule has 1 aromatic rings. The standard InChI is InChI=1S/C16H24N2O4S/c1-16(2,3)15(19)17-12-7-8-14(13(11-12)22-4)23(20,21)18-9-5-6-10-18/h7-8,11H,5-6,9-10H2,1-4H3,(H,17,19). The maximum atomic E-state index is 12.7. The van der Waals surface area contributed by atoms with Gasteiger partial charge in [0.25, 0.3) is 0 Å². The number of rotatable bonds is 4. The molecule has 1 amide bonds. The van der Waals surface area contributed by atoms with Crippen LogP contribution in [0.3, 0.4) is 0 Å². The van der Waals surface area contributed by atoms with Crippen LogP contribution in [0.4, 0.5) is 5.69 Å². The molecule has 0 unspecified atom stereocenters. The smallest absolute Gasteiger partial charge is 0.246 e. The highest BCUT2D eigenvalue weighted by Gasteiger charge is 2.30. The molecule has 0 spiro atoms. The van der Waals surface area contributed by atoms with Gasteiger partial charge in [-0.1, -0.05) is 20.8 Å². The zero-order chi connectivity index (χ0) is 17.3. The Hall–Kier alpha value is -1.60. The summed E-state index contributed by atoms with van der Waals surface area (Å²) in [7, 11) is -2.14. The molecule has 1 aliphatic heterocycles. The summed E-state index contributed by atoms with van der Waals surface area (Å²) in [5.74, 6) is 0.0957. The highest BCUT2D eigenvalue weighted by Crippen LogP contribution is 2.31. The summed E-state index contributed by atoms with van der Waals surface area (Å²) >= 11 is 0. The van der Waals surface area contributed by atoms with Gasteiger partial charge in [0, 0.05) is 30.3 Å². The SMILES string of the molecule is COc1cc(NC(=O)C(C)(C)C)ccc1S(=O)(=O)N1CCCC1. The van der Waals surface area contributed by atoms with E-state index in [9.17, 15) is 13.2 Å². The van der Waals surface area contributed by atoms with Crippen LogP contribution in [-0.2, 0) is 14.8 Å². The monoisotopic (exact) mass is 340 g/mol. The lowest BCUT2D eigenvalue weighted by molar-refractivity contribution is -0.123. The van der Waals surface area contributed by atoms with Crippen LogP contribution in [0.1, 0.15) is 33.6 Å². The van der Waals surface area contributed by atoms with Crippen molar-refractivity contribution in [3.63, 3.8) is 0 Å². The number of hydrogen-bond acceptors (Lipinski definition) is 4. The van der Waals surface area contributed by atoms with Crippen molar-refractivity contribution in [3.8, 4) is 5.75 Å². The number of anilines is 1. The zero-order valence-corrected chi connectivity index (χ0v) is 14.9. The minimum absolute atomic E-state index is 0.135. The molecule has 6 nitrogen and oxygen atoms in total. The lowest BCUT2D eigenvalue weighted by Gasteiger charge is -2.20. The molecule has 0 radical (unpaired) electrons. The Morgan fingerprint density at radius 1 is 1.22 bits per heavy atom. The second-order valence-electron chi connectivity index (χ2n) is 6.68. The molecule has 0 aromatic heterocycles. The number of hydrogen-bond donors (Lipinski definition) is 1. The van der Waals surface area contributed by atoms with Crippen LogP contribution >= 0.6 is 0 Å². The van der Waals surface area contributed by atoms with Gasteiger partial charge in [0.05, 0.1) is 7.11 Å². The molecule has 1 fully saturated rings. The van der Waals surface area contributed by atoms with E-state index in [-0.39, 0.29) is 16.6 Å². The summed E-state index contributed by atoms with van der Waals surface area (Å²) in [4.78, 5) is 12.2. The van der Waals surface area contributed by atoms with Gasteiger partial charge in [-0.05, 0) is 25.0 Å². The first-order valence-electron chi connectivity index (χ1n) is 7.66. The van der Waals surface area contributed by atoms with Gasteiger partial charge in [-0.3, -0.25) is 4.79 Å². The third-order valence-electron chi connectivity index (χ3n) is 3.79. The predicted molar refractivity (Wildman–Crippen MR) is 89.1 cm³/mol. The molecular formula is C16H24N2O4S. The molecular weight excluding hydrogens is 316 g/mol. The van der Waals surface area contributed by atoms with Crippen molar-refractivity contribution in [3.05, 3.63) is 18.2 Å². The largest absolute Gasteiger partial charge is 0.495 e. The fourth-order valence-corrected chi connectivity index (χ4v) is 4.00. The van der Waals surface area contributed by atoms with Gasteiger partial charge >= 0.3 is 0 Å². The maximum Gasteiger partial charge on any atom is 0.246 e. The van der Waals surface area contributed by atoms with Crippen LogP contribution in [0, 0.1) is 5.41 Å². The Bertz CT molecular complexity index is 687. The molecule has 0 aliphatic carbocycles. The fourth-order valence-electron chi connectivity index (χ4n) is 2.34. The van der Waals surface area contributed by atoms with E-state index in [0.717, 1.165) is 12.8 Å². The molecule has 23 heavy (non-hydrogen) atoms. The maximum absolute atomic E-state index is 12.7. The molecule has 0 atom stereocenters. The van der Waals surface area contributed by atoms with Crippen LogP contribution in [0.2, 0.25) is 0 Å². The predicted octanol–water partition coefficient (Wildman–Crippen LogP) is 2.46. The van der Waals surface area contributed by atoms with Gasteiger partial charge in [-0.15, -0.1) is 0 Å². The summed E-state index contributed by atoms with van der Waals surface area (Å²) in [6, 6.07) is 4.63. The highest BCUT2D eigenvalue weighted by molar-refractivity contribution is 7.89. The van der Waals surface area contributed by atoms with Crippen molar-refractivity contribution < 1.29 is 17.9 Å². The van der Waals surface area contributed by atoms with Crippen molar-refractivity contribution in [2.75, 3.05) is 25.5 Å². The number of carbonyl (C=O) groups excluding carboxylic acids is 1. The van der Waals surface area contributed by atoms with Crippen molar-refractivity contribution in [1.82, 2.24) is 4.31 Å². The number of amides is 1. The summed E-state index contributed by atoms with van der Waals surface area (Å²) in [5, 5.41) is 2.78. The zero-order valence-electron chi connectivity index (χ0n) is 14.0. The van der Waals surface area contributed by atoms with E-state index in [1.807, 2.05) is 20.8 Å². The Morgan fingerprint density at radius 2 is 1.83 bits per heavy atom. The minimum atomic E-state index is -3.56. The Balaban J connectivity index is 2.32. The second-order valence-corrected chi connectivity index (χ2v) is 8.59. The molecule has 0 saturated carbocycles. The van der Waals surface area contributed by atoms with Gasteiger partial charge in [-0.2, -0.15) is 4.31 Å². The van der Waals surface area contributed by atoms with Crippen LogP contribution < -0.4 is 10.1 Å². The molecule has 128 valence electrons. The van der Waals surface area contributed by atoms with E-state index in [4.69, 9.17) is 4.74 Å². The Kier molecular flexibility index (Phi) is 5.01. The van der Waals surface area contributed by atoms with E-state index in [2.05, 4.69) is 5.32 Å². The lowest BCUT2D eigenvalue weighted by Crippen LogP contribution is -2.29. The van der Waals surface area contributed by atoms with E-state index in [1.165, 1.54) is 17.5 Å². The van der Waals surface area contributed by atoms with Gasteiger partial charge in [0.2, 0.25) is 15.9 Å². The summed E-state index contributed by atoms with van der Waals surface area (Å²) < 4.78 is 32.0. The molecule has 0 bridgehead atoms. The van der Waals surface area contributed by atoms with Crippen LogP contribution in [0.15, 0.2) is 23.1 Å². The quantitative estimate of drug-likeness (QED) is 0.913. The average Bonchev–Trinajstić information content (AvgIpc) is 3.00. The first-order chi connectivity index (χ1) is 10.7. The number of ether oxygens (including phenoxy) is 1. The van der Waals surface area contributed by atoms with Crippen LogP contribution in [0.5, 0.6) is 5.75 Å². The number of methoxy groups -OCH3 is 1. The molecule has 1 aromatic carbocycles. The minimum Gasteiger partial charge on any atom is -0.495 e. The molecule has 1 aliphatic rings. The number of benzene rings is 1. The summed E-state index contributed by atoms with van der Waals surface area (Å²) in [6.45, 7) is 6.51. The lowest BCUT2D eigenvalue weighted by atomic mass is 9.95. The van der Waals surface area contributed by atoms with E-state index < -0.39 is 15.4 Å². The summed E-state index contributed by atoms with van der Waals surface area (Å²) in [5.41, 5.74) is -0.0183. The molecule has 1 heterocycles. The van der Waals surface area contributed by atoms with Crippen molar-refractivity contribution in [1.29, 1.82) is 0 Å². The molecule has 1 saturated heterocycles. The Labute approximate surface area is 137 Å². The number of carbonyl (C=O) groups is 1. The van der Waals surface area contributed by atoms with Gasteiger partial charge in [0.15, 0.2) is 0 Å². The molecule has 2 rings (SSSR count). The number of nitrogens with zero attached hydrogens (tertiary/aromatic N) is 1. The third kappa shape index (κ3) is 3.84.